The van der Waals surface area contributed by atoms with Crippen LogP contribution in [-0.4, -0.2) is 16.1 Å². The molecule has 3 rings (SSSR count). The largest absolute Gasteiger partial charge is 0.481 e. The van der Waals surface area contributed by atoms with E-state index in [1.165, 1.54) is 12.1 Å². The first-order valence-electron chi connectivity index (χ1n) is 6.72. The summed E-state index contributed by atoms with van der Waals surface area (Å²) in [5.41, 5.74) is 3.63. The number of aromatic nitrogens is 1. The number of aliphatic carboxylic acids is 1. The predicted octanol–water partition coefficient (Wildman–Crippen LogP) is 3.99. The average Bonchev–Trinajstić information content (AvgIpc) is 2.84. The summed E-state index contributed by atoms with van der Waals surface area (Å²) in [5, 5.41) is 9.93. The molecule has 1 heterocycles. The Hall–Kier alpha value is -2.62. The highest BCUT2D eigenvalue weighted by Gasteiger charge is 2.14. The summed E-state index contributed by atoms with van der Waals surface area (Å²) in [7, 11) is 0. The summed E-state index contributed by atoms with van der Waals surface area (Å²) in [6, 6.07) is 14.0. The van der Waals surface area contributed by atoms with E-state index in [0.717, 1.165) is 27.7 Å². The minimum atomic E-state index is -0.828. The smallest absolute Gasteiger partial charge is 0.303 e. The van der Waals surface area contributed by atoms with Crippen LogP contribution in [0.15, 0.2) is 48.5 Å². The molecule has 0 aliphatic carbocycles. The zero-order valence-electron chi connectivity index (χ0n) is 11.3. The zero-order chi connectivity index (χ0) is 14.8. The summed E-state index contributed by atoms with van der Waals surface area (Å²) >= 11 is 0. The molecular formula is C17H14FNO2. The number of hydrogen-bond acceptors (Lipinski definition) is 1. The third-order valence-electron chi connectivity index (χ3n) is 3.54. The summed E-state index contributed by atoms with van der Waals surface area (Å²) in [5.74, 6) is -1.12. The van der Waals surface area contributed by atoms with E-state index >= 15 is 0 Å². The lowest BCUT2D eigenvalue weighted by Gasteiger charge is -2.04. The lowest BCUT2D eigenvalue weighted by atomic mass is 10.0. The van der Waals surface area contributed by atoms with Gasteiger partial charge in [0.2, 0.25) is 0 Å². The molecular weight excluding hydrogens is 269 g/mol. The molecule has 0 saturated carbocycles. The van der Waals surface area contributed by atoms with Gasteiger partial charge in [-0.1, -0.05) is 18.2 Å². The standard InChI is InChI=1S/C17H14FNO2/c18-12-7-5-11(6-8-12)17-14(9-10-16(20)21)13-3-1-2-4-15(13)19-17/h1-8,19H,9-10H2,(H,20,21). The quantitative estimate of drug-likeness (QED) is 0.760. The lowest BCUT2D eigenvalue weighted by Crippen LogP contribution is -1.98. The van der Waals surface area contributed by atoms with E-state index in [1.54, 1.807) is 12.1 Å². The number of H-pyrrole nitrogens is 1. The van der Waals surface area contributed by atoms with E-state index in [0.29, 0.717) is 6.42 Å². The molecule has 3 aromatic rings. The fourth-order valence-corrected chi connectivity index (χ4v) is 2.55. The number of carboxylic acids is 1. The molecule has 0 unspecified atom stereocenters. The number of carbonyl (C=O) groups is 1. The molecule has 3 nitrogen and oxygen atoms in total. The van der Waals surface area contributed by atoms with Crippen LogP contribution in [0.3, 0.4) is 0 Å². The van der Waals surface area contributed by atoms with Gasteiger partial charge in [-0.15, -0.1) is 0 Å². The number of aryl methyl sites for hydroxylation is 1. The number of para-hydroxylation sites is 1. The first-order chi connectivity index (χ1) is 10.1. The number of halogens is 1. The number of fused-ring (bicyclic) bond motifs is 1. The maximum absolute atomic E-state index is 13.1. The molecule has 2 N–H and O–H groups in total. The van der Waals surface area contributed by atoms with Gasteiger partial charge in [0.15, 0.2) is 0 Å². The molecule has 0 bridgehead atoms. The van der Waals surface area contributed by atoms with Gasteiger partial charge in [0.05, 0.1) is 0 Å². The van der Waals surface area contributed by atoms with Crippen molar-refractivity contribution >= 4 is 16.9 Å². The van der Waals surface area contributed by atoms with Gasteiger partial charge in [0.1, 0.15) is 5.82 Å². The van der Waals surface area contributed by atoms with E-state index < -0.39 is 5.97 Å². The summed E-state index contributed by atoms with van der Waals surface area (Å²) in [6.07, 6.45) is 0.502. The van der Waals surface area contributed by atoms with Crippen LogP contribution in [-0.2, 0) is 11.2 Å². The monoisotopic (exact) mass is 283 g/mol. The summed E-state index contributed by atoms with van der Waals surface area (Å²) in [4.78, 5) is 14.2. The topological polar surface area (TPSA) is 53.1 Å². The molecule has 0 aliphatic heterocycles. The Morgan fingerprint density at radius 1 is 1.10 bits per heavy atom. The maximum atomic E-state index is 13.1. The van der Waals surface area contributed by atoms with Crippen molar-refractivity contribution in [2.75, 3.05) is 0 Å². The fraction of sp³-hybridized carbons (Fsp3) is 0.118. The van der Waals surface area contributed by atoms with Gasteiger partial charge in [-0.2, -0.15) is 0 Å². The minimum Gasteiger partial charge on any atom is -0.481 e. The Labute approximate surface area is 121 Å². The van der Waals surface area contributed by atoms with Gasteiger partial charge in [-0.25, -0.2) is 4.39 Å². The van der Waals surface area contributed by atoms with Gasteiger partial charge in [0, 0.05) is 23.0 Å². The number of rotatable bonds is 4. The number of hydrogen-bond donors (Lipinski definition) is 2. The fourth-order valence-electron chi connectivity index (χ4n) is 2.55. The van der Waals surface area contributed by atoms with Crippen LogP contribution < -0.4 is 0 Å². The Kier molecular flexibility index (Phi) is 3.44. The molecule has 106 valence electrons. The Morgan fingerprint density at radius 2 is 1.81 bits per heavy atom. The highest BCUT2D eigenvalue weighted by Crippen LogP contribution is 2.31. The van der Waals surface area contributed by atoms with Crippen molar-refractivity contribution in [3.63, 3.8) is 0 Å². The second-order valence-electron chi connectivity index (χ2n) is 4.92. The first kappa shape index (κ1) is 13.4. The van der Waals surface area contributed by atoms with Crippen molar-refractivity contribution in [1.82, 2.24) is 4.98 Å². The second kappa shape index (κ2) is 5.40. The van der Waals surface area contributed by atoms with Crippen molar-refractivity contribution in [2.24, 2.45) is 0 Å². The highest BCUT2D eigenvalue weighted by atomic mass is 19.1. The molecule has 0 aliphatic rings. The molecule has 0 saturated heterocycles. The van der Waals surface area contributed by atoms with Gasteiger partial charge in [-0.3, -0.25) is 4.79 Å². The van der Waals surface area contributed by atoms with Crippen LogP contribution in [0.25, 0.3) is 22.2 Å². The van der Waals surface area contributed by atoms with Crippen LogP contribution in [0.5, 0.6) is 0 Å². The van der Waals surface area contributed by atoms with E-state index in [9.17, 15) is 9.18 Å². The van der Waals surface area contributed by atoms with Gasteiger partial charge >= 0.3 is 5.97 Å². The molecule has 0 fully saturated rings. The normalized spacial score (nSPS) is 10.9. The van der Waals surface area contributed by atoms with Crippen LogP contribution in [0.1, 0.15) is 12.0 Å². The number of nitrogens with one attached hydrogen (secondary N) is 1. The van der Waals surface area contributed by atoms with Gasteiger partial charge in [-0.05, 0) is 47.9 Å². The minimum absolute atomic E-state index is 0.0655. The molecule has 0 amide bonds. The first-order valence-corrected chi connectivity index (χ1v) is 6.72. The Morgan fingerprint density at radius 3 is 2.52 bits per heavy atom. The molecule has 21 heavy (non-hydrogen) atoms. The van der Waals surface area contributed by atoms with Crippen molar-refractivity contribution in [2.45, 2.75) is 12.8 Å². The van der Waals surface area contributed by atoms with Gasteiger partial charge in [0.25, 0.3) is 0 Å². The van der Waals surface area contributed by atoms with Crippen LogP contribution in [0.2, 0.25) is 0 Å². The van der Waals surface area contributed by atoms with E-state index in [-0.39, 0.29) is 12.2 Å². The van der Waals surface area contributed by atoms with E-state index in [2.05, 4.69) is 4.98 Å². The van der Waals surface area contributed by atoms with E-state index in [1.807, 2.05) is 24.3 Å². The average molecular weight is 283 g/mol. The molecule has 0 atom stereocenters. The van der Waals surface area contributed by atoms with Crippen LogP contribution in [0, 0.1) is 5.82 Å². The number of carboxylic acid groups (broad SMARTS) is 1. The summed E-state index contributed by atoms with van der Waals surface area (Å²) in [6.45, 7) is 0. The molecule has 4 heteroatoms. The molecule has 0 radical (unpaired) electrons. The summed E-state index contributed by atoms with van der Waals surface area (Å²) < 4.78 is 13.1. The Bertz CT molecular complexity index is 790. The van der Waals surface area contributed by atoms with Crippen LogP contribution in [0.4, 0.5) is 4.39 Å². The number of benzene rings is 2. The zero-order valence-corrected chi connectivity index (χ0v) is 11.3. The number of aromatic amines is 1. The predicted molar refractivity (Wildman–Crippen MR) is 79.6 cm³/mol. The van der Waals surface area contributed by atoms with Crippen molar-refractivity contribution in [1.29, 1.82) is 0 Å². The Balaban J connectivity index is 2.13. The van der Waals surface area contributed by atoms with Crippen molar-refractivity contribution in [3.05, 3.63) is 59.9 Å². The highest BCUT2D eigenvalue weighted by molar-refractivity contribution is 5.91. The third-order valence-corrected chi connectivity index (χ3v) is 3.54. The van der Waals surface area contributed by atoms with E-state index in [4.69, 9.17) is 5.11 Å². The lowest BCUT2D eigenvalue weighted by molar-refractivity contribution is -0.136. The SMILES string of the molecule is O=C(O)CCc1c(-c2ccc(F)cc2)[nH]c2ccccc12. The van der Waals surface area contributed by atoms with Gasteiger partial charge < -0.3 is 10.1 Å². The van der Waals surface area contributed by atoms with Crippen molar-refractivity contribution in [3.8, 4) is 11.3 Å². The molecule has 2 aromatic carbocycles. The molecule has 0 spiro atoms. The maximum Gasteiger partial charge on any atom is 0.303 e. The molecule has 1 aromatic heterocycles. The van der Waals surface area contributed by atoms with Crippen LogP contribution >= 0.6 is 0 Å². The second-order valence-corrected chi connectivity index (χ2v) is 4.92. The third kappa shape index (κ3) is 2.65. The van der Waals surface area contributed by atoms with Crippen molar-refractivity contribution < 1.29 is 14.3 Å².